The van der Waals surface area contributed by atoms with Crippen LogP contribution in [0.4, 0.5) is 16.6 Å². The Morgan fingerprint density at radius 3 is 2.77 bits per heavy atom. The lowest BCUT2D eigenvalue weighted by molar-refractivity contribution is 0.198. The summed E-state index contributed by atoms with van der Waals surface area (Å²) in [5.74, 6) is 0.984. The molecule has 0 spiro atoms. The van der Waals surface area contributed by atoms with Crippen LogP contribution in [0.15, 0.2) is 18.2 Å². The molecule has 9 nitrogen and oxygen atoms in total. The number of hydrogen-bond donors (Lipinski definition) is 2. The Kier molecular flexibility index (Phi) is 6.88. The summed E-state index contributed by atoms with van der Waals surface area (Å²) in [5, 5.41) is 17.2. The van der Waals surface area contributed by atoms with Crippen molar-refractivity contribution in [3.63, 3.8) is 0 Å². The van der Waals surface area contributed by atoms with E-state index in [2.05, 4.69) is 30.8 Å². The van der Waals surface area contributed by atoms with Crippen molar-refractivity contribution in [3.8, 4) is 10.6 Å². The number of aryl methyl sites for hydroxylation is 1. The summed E-state index contributed by atoms with van der Waals surface area (Å²) in [6.45, 7) is 4.83. The topological polar surface area (TPSA) is 105 Å². The zero-order valence-electron chi connectivity index (χ0n) is 17.8. The molecule has 0 bridgehead atoms. The number of piperidine rings is 1. The molecular formula is C21H27N7O2S. The maximum atomic E-state index is 12.7. The van der Waals surface area contributed by atoms with Gasteiger partial charge in [-0.15, -0.1) is 10.2 Å². The van der Waals surface area contributed by atoms with E-state index in [0.717, 1.165) is 58.8 Å². The Labute approximate surface area is 185 Å². The van der Waals surface area contributed by atoms with Gasteiger partial charge in [0.25, 0.3) is 0 Å². The van der Waals surface area contributed by atoms with Gasteiger partial charge in [-0.25, -0.2) is 9.78 Å². The highest BCUT2D eigenvalue weighted by molar-refractivity contribution is 7.14. The number of benzene rings is 1. The van der Waals surface area contributed by atoms with E-state index in [-0.39, 0.29) is 6.03 Å². The molecule has 2 N–H and O–H groups in total. The summed E-state index contributed by atoms with van der Waals surface area (Å²) in [5.41, 5.74) is 1.68. The number of amides is 2. The van der Waals surface area contributed by atoms with Crippen molar-refractivity contribution in [1.29, 1.82) is 0 Å². The summed E-state index contributed by atoms with van der Waals surface area (Å²) in [6, 6.07) is 5.79. The molecule has 0 radical (unpaired) electrons. The minimum Gasteiger partial charge on any atom is -0.385 e. The summed E-state index contributed by atoms with van der Waals surface area (Å²) in [7, 11) is 1.69. The van der Waals surface area contributed by atoms with Crippen LogP contribution in [0.5, 0.6) is 0 Å². The maximum Gasteiger partial charge on any atom is 0.324 e. The Bertz CT molecular complexity index is 1050. The molecule has 1 fully saturated rings. The first kappa shape index (κ1) is 21.4. The normalized spacial score (nSPS) is 14.1. The predicted octanol–water partition coefficient (Wildman–Crippen LogP) is 3.92. The van der Waals surface area contributed by atoms with Gasteiger partial charge in [-0.2, -0.15) is 4.98 Å². The van der Waals surface area contributed by atoms with E-state index in [9.17, 15) is 4.79 Å². The largest absolute Gasteiger partial charge is 0.385 e. The molecule has 1 aliphatic heterocycles. The Balaban J connectivity index is 1.64. The minimum absolute atomic E-state index is 0.153. The number of nitrogens with one attached hydrogen (secondary N) is 2. The van der Waals surface area contributed by atoms with Gasteiger partial charge in [0.1, 0.15) is 15.8 Å². The quantitative estimate of drug-likeness (QED) is 0.535. The van der Waals surface area contributed by atoms with Crippen LogP contribution in [-0.4, -0.2) is 64.4 Å². The standard InChI is InChI=1S/C21H27N7O2S/c1-14-26-27-19(31-14)15-7-8-16-17(13-15)23-20(24-18(16)22-9-6-12-30-2)25-21(29)28-10-4-3-5-11-28/h7-8,13H,3-6,9-12H2,1-2H3,(H2,22,23,24,25,29). The third-order valence-corrected chi connectivity index (χ3v) is 6.04. The summed E-state index contributed by atoms with van der Waals surface area (Å²) in [4.78, 5) is 23.7. The molecule has 1 aromatic carbocycles. The Hall–Kier alpha value is -2.85. The van der Waals surface area contributed by atoms with Gasteiger partial charge in [-0.1, -0.05) is 17.4 Å². The van der Waals surface area contributed by atoms with E-state index >= 15 is 0 Å². The molecule has 1 saturated heterocycles. The van der Waals surface area contributed by atoms with Crippen LogP contribution in [0.1, 0.15) is 30.7 Å². The number of fused-ring (bicyclic) bond motifs is 1. The highest BCUT2D eigenvalue weighted by Gasteiger charge is 2.18. The molecule has 4 rings (SSSR count). The lowest BCUT2D eigenvalue weighted by Gasteiger charge is -2.26. The van der Waals surface area contributed by atoms with Crippen LogP contribution in [0.25, 0.3) is 21.5 Å². The number of rotatable bonds is 7. The minimum atomic E-state index is -0.153. The van der Waals surface area contributed by atoms with Gasteiger partial charge in [-0.3, -0.25) is 5.32 Å². The van der Waals surface area contributed by atoms with E-state index in [4.69, 9.17) is 4.74 Å². The van der Waals surface area contributed by atoms with Crippen molar-refractivity contribution in [1.82, 2.24) is 25.1 Å². The van der Waals surface area contributed by atoms with Crippen molar-refractivity contribution in [2.24, 2.45) is 0 Å². The zero-order valence-corrected chi connectivity index (χ0v) is 18.7. The first-order valence-corrected chi connectivity index (χ1v) is 11.4. The van der Waals surface area contributed by atoms with Crippen molar-refractivity contribution in [2.75, 3.05) is 44.0 Å². The van der Waals surface area contributed by atoms with E-state index < -0.39 is 0 Å². The number of urea groups is 1. The number of carbonyl (C=O) groups is 1. The SMILES string of the molecule is COCCCNc1nc(NC(=O)N2CCCCC2)nc2cc(-c3nnc(C)s3)ccc12. The molecule has 0 saturated carbocycles. The fourth-order valence-corrected chi connectivity index (χ4v) is 4.25. The van der Waals surface area contributed by atoms with Crippen molar-refractivity contribution in [2.45, 2.75) is 32.6 Å². The second-order valence-corrected chi connectivity index (χ2v) is 8.69. The average Bonchev–Trinajstić information content (AvgIpc) is 3.23. The number of anilines is 2. The molecule has 3 heterocycles. The van der Waals surface area contributed by atoms with E-state index in [1.807, 2.05) is 30.0 Å². The van der Waals surface area contributed by atoms with E-state index in [0.29, 0.717) is 24.9 Å². The summed E-state index contributed by atoms with van der Waals surface area (Å²) < 4.78 is 5.13. The molecule has 31 heavy (non-hydrogen) atoms. The number of aromatic nitrogens is 4. The Morgan fingerprint density at radius 2 is 2.03 bits per heavy atom. The molecule has 0 unspecified atom stereocenters. The summed E-state index contributed by atoms with van der Waals surface area (Å²) >= 11 is 1.54. The van der Waals surface area contributed by atoms with Crippen LogP contribution in [0.2, 0.25) is 0 Å². The lowest BCUT2D eigenvalue weighted by atomic mass is 10.1. The highest BCUT2D eigenvalue weighted by atomic mass is 32.1. The molecule has 0 aliphatic carbocycles. The monoisotopic (exact) mass is 441 g/mol. The van der Waals surface area contributed by atoms with Gasteiger partial charge in [0.2, 0.25) is 5.95 Å². The zero-order chi connectivity index (χ0) is 21.6. The van der Waals surface area contributed by atoms with Crippen molar-refractivity contribution < 1.29 is 9.53 Å². The molecular weight excluding hydrogens is 414 g/mol. The maximum absolute atomic E-state index is 12.7. The number of likely N-dealkylation sites (tertiary alicyclic amines) is 1. The fraction of sp³-hybridized carbons (Fsp3) is 0.476. The van der Waals surface area contributed by atoms with Crippen molar-refractivity contribution in [3.05, 3.63) is 23.2 Å². The molecule has 1 aliphatic rings. The molecule has 164 valence electrons. The van der Waals surface area contributed by atoms with E-state index in [1.54, 1.807) is 7.11 Å². The van der Waals surface area contributed by atoms with E-state index in [1.165, 1.54) is 17.8 Å². The second-order valence-electron chi connectivity index (χ2n) is 7.50. The van der Waals surface area contributed by atoms with Gasteiger partial charge >= 0.3 is 6.03 Å². The smallest absolute Gasteiger partial charge is 0.324 e. The number of nitrogens with zero attached hydrogens (tertiary/aromatic N) is 5. The molecule has 3 aromatic rings. The number of methoxy groups -OCH3 is 1. The van der Waals surface area contributed by atoms with Crippen LogP contribution >= 0.6 is 11.3 Å². The highest BCUT2D eigenvalue weighted by Crippen LogP contribution is 2.29. The van der Waals surface area contributed by atoms with Crippen LogP contribution in [0, 0.1) is 6.92 Å². The third kappa shape index (κ3) is 5.26. The van der Waals surface area contributed by atoms with Gasteiger partial charge in [0.05, 0.1) is 5.52 Å². The van der Waals surface area contributed by atoms with Crippen LogP contribution in [-0.2, 0) is 4.74 Å². The molecule has 10 heteroatoms. The third-order valence-electron chi connectivity index (χ3n) is 5.15. The Morgan fingerprint density at radius 1 is 1.19 bits per heavy atom. The first-order valence-electron chi connectivity index (χ1n) is 10.5. The van der Waals surface area contributed by atoms with Crippen LogP contribution < -0.4 is 10.6 Å². The second kappa shape index (κ2) is 9.97. The molecule has 0 atom stereocenters. The number of hydrogen-bond acceptors (Lipinski definition) is 8. The van der Waals surface area contributed by atoms with Gasteiger partial charge in [0.15, 0.2) is 0 Å². The predicted molar refractivity (Wildman–Crippen MR) is 123 cm³/mol. The molecule has 2 amide bonds. The van der Waals surface area contributed by atoms with Crippen LogP contribution in [0.3, 0.4) is 0 Å². The average molecular weight is 442 g/mol. The van der Waals surface area contributed by atoms with Crippen molar-refractivity contribution >= 4 is 40.0 Å². The fourth-order valence-electron chi connectivity index (χ4n) is 3.56. The molecule has 2 aromatic heterocycles. The number of ether oxygens (including phenoxy) is 1. The lowest BCUT2D eigenvalue weighted by Crippen LogP contribution is -2.39. The number of carbonyl (C=O) groups excluding carboxylic acids is 1. The van der Waals surface area contributed by atoms with Gasteiger partial charge < -0.3 is 15.0 Å². The first-order chi connectivity index (χ1) is 15.1. The van der Waals surface area contributed by atoms with Gasteiger partial charge in [0, 0.05) is 44.3 Å². The van der Waals surface area contributed by atoms with Gasteiger partial charge in [-0.05, 0) is 44.7 Å². The summed E-state index contributed by atoms with van der Waals surface area (Å²) in [6.07, 6.45) is 4.07.